The quantitative estimate of drug-likeness (QED) is 0.150. The Hall–Kier alpha value is -7.74. The Morgan fingerprint density at radius 2 is 0.770 bits per heavy atom. The molecule has 0 unspecified atom stereocenters. The van der Waals surface area contributed by atoms with E-state index < -0.39 is 8.07 Å². The molecule has 0 saturated carbocycles. The summed E-state index contributed by atoms with van der Waals surface area (Å²) in [5.74, 6) is 1.62. The van der Waals surface area contributed by atoms with Crippen LogP contribution < -0.4 is 29.8 Å². The number of para-hydroxylation sites is 6. The number of benzene rings is 7. The fraction of sp³-hybridized carbons (Fsp3) is 0.0370. The first-order valence-corrected chi connectivity index (χ1v) is 23.6. The zero-order chi connectivity index (χ0) is 40.9. The molecular weight excluding hydrogens is 763 g/mol. The summed E-state index contributed by atoms with van der Waals surface area (Å²) >= 11 is 0. The van der Waals surface area contributed by atoms with E-state index in [9.17, 15) is 0 Å². The van der Waals surface area contributed by atoms with E-state index in [-0.39, 0.29) is 0 Å². The Morgan fingerprint density at radius 1 is 0.393 bits per heavy atom. The first-order valence-electron chi connectivity index (χ1n) is 20.6. The van der Waals surface area contributed by atoms with Gasteiger partial charge in [-0.05, 0) is 136 Å². The molecule has 2 aliphatic rings. The Morgan fingerprint density at radius 3 is 1.23 bits per heavy atom. The lowest BCUT2D eigenvalue weighted by Crippen LogP contribution is -2.58. The van der Waals surface area contributed by atoms with Crippen molar-refractivity contribution in [2.75, 3.05) is 14.7 Å². The largest absolute Gasteiger partial charge is 0.453 e. The van der Waals surface area contributed by atoms with Gasteiger partial charge in [0, 0.05) is 47.5 Å². The fourth-order valence-electron chi connectivity index (χ4n) is 9.04. The molecular formula is C54H41N5OSi. The van der Waals surface area contributed by atoms with E-state index in [1.165, 1.54) is 21.7 Å². The molecule has 0 fully saturated rings. The van der Waals surface area contributed by atoms with Crippen LogP contribution in [0.3, 0.4) is 0 Å². The summed E-state index contributed by atoms with van der Waals surface area (Å²) in [6.07, 6.45) is 7.37. The molecule has 0 spiro atoms. The predicted octanol–water partition coefficient (Wildman–Crippen LogP) is 13.5. The number of hydrogen-bond donors (Lipinski definition) is 0. The molecule has 0 aliphatic carbocycles. The van der Waals surface area contributed by atoms with Gasteiger partial charge in [0.05, 0.1) is 28.4 Å². The van der Waals surface area contributed by atoms with Crippen molar-refractivity contribution in [2.45, 2.75) is 13.1 Å². The number of aromatic nitrogens is 2. The molecule has 0 saturated heterocycles. The van der Waals surface area contributed by atoms with Gasteiger partial charge in [0.15, 0.2) is 11.5 Å². The van der Waals surface area contributed by atoms with Gasteiger partial charge in [-0.2, -0.15) is 0 Å². The van der Waals surface area contributed by atoms with Crippen LogP contribution in [0.25, 0.3) is 22.3 Å². The Bertz CT molecular complexity index is 2870. The Kier molecular flexibility index (Phi) is 8.83. The maximum absolute atomic E-state index is 6.54. The van der Waals surface area contributed by atoms with Gasteiger partial charge in [-0.15, -0.1) is 0 Å². The summed E-state index contributed by atoms with van der Waals surface area (Å²) in [5, 5.41) is 2.83. The number of rotatable bonds is 7. The zero-order valence-corrected chi connectivity index (χ0v) is 34.9. The second-order valence-electron chi connectivity index (χ2n) is 16.0. The van der Waals surface area contributed by atoms with Crippen LogP contribution in [0, 0.1) is 0 Å². The molecule has 4 heterocycles. The molecule has 2 aromatic heterocycles. The smallest absolute Gasteiger partial charge is 0.151 e. The van der Waals surface area contributed by atoms with Gasteiger partial charge in [-0.25, -0.2) is 0 Å². The van der Waals surface area contributed by atoms with E-state index in [0.29, 0.717) is 0 Å². The van der Waals surface area contributed by atoms with E-state index in [0.717, 1.165) is 73.6 Å². The number of fused-ring (bicyclic) bond motifs is 4. The van der Waals surface area contributed by atoms with Crippen molar-refractivity contribution in [3.8, 4) is 33.8 Å². The van der Waals surface area contributed by atoms with Crippen LogP contribution in [0.2, 0.25) is 13.1 Å². The highest BCUT2D eigenvalue weighted by Crippen LogP contribution is 2.53. The molecule has 0 N–H and O–H groups in total. The molecule has 7 heteroatoms. The fourth-order valence-corrected chi connectivity index (χ4v) is 12.0. The molecule has 2 aliphatic heterocycles. The van der Waals surface area contributed by atoms with Crippen molar-refractivity contribution in [3.63, 3.8) is 0 Å². The van der Waals surface area contributed by atoms with Crippen LogP contribution >= 0.6 is 0 Å². The molecule has 0 bridgehead atoms. The lowest BCUT2D eigenvalue weighted by atomic mass is 10.0. The van der Waals surface area contributed by atoms with Crippen molar-refractivity contribution in [3.05, 3.63) is 213 Å². The second-order valence-corrected chi connectivity index (χ2v) is 20.3. The Labute approximate surface area is 357 Å². The molecule has 292 valence electrons. The average molecular weight is 804 g/mol. The molecule has 61 heavy (non-hydrogen) atoms. The summed E-state index contributed by atoms with van der Waals surface area (Å²) in [4.78, 5) is 15.7. The maximum atomic E-state index is 6.54. The van der Waals surface area contributed by atoms with Gasteiger partial charge >= 0.3 is 0 Å². The van der Waals surface area contributed by atoms with Gasteiger partial charge in [-0.3, -0.25) is 9.97 Å². The lowest BCUT2D eigenvalue weighted by molar-refractivity contribution is 0.477. The van der Waals surface area contributed by atoms with Crippen molar-refractivity contribution in [1.82, 2.24) is 9.97 Å². The number of anilines is 9. The minimum absolute atomic E-state index is 0.810. The van der Waals surface area contributed by atoms with Crippen LogP contribution in [-0.4, -0.2) is 18.0 Å². The summed E-state index contributed by atoms with van der Waals surface area (Å²) in [5.41, 5.74) is 14.1. The highest BCUT2D eigenvalue weighted by molar-refractivity contribution is 7.02. The van der Waals surface area contributed by atoms with E-state index in [4.69, 9.17) is 4.74 Å². The first-order chi connectivity index (χ1) is 30.0. The third-order valence-corrected chi connectivity index (χ3v) is 15.5. The predicted molar refractivity (Wildman–Crippen MR) is 254 cm³/mol. The normalized spacial score (nSPS) is 13.3. The van der Waals surface area contributed by atoms with Crippen molar-refractivity contribution < 1.29 is 4.74 Å². The monoisotopic (exact) mass is 803 g/mol. The minimum Gasteiger partial charge on any atom is -0.453 e. The van der Waals surface area contributed by atoms with Crippen molar-refractivity contribution >= 4 is 69.6 Å². The molecule has 9 aromatic rings. The van der Waals surface area contributed by atoms with E-state index in [2.05, 4.69) is 202 Å². The Balaban J connectivity index is 1.17. The van der Waals surface area contributed by atoms with Crippen LogP contribution in [0.1, 0.15) is 0 Å². The highest BCUT2D eigenvalue weighted by Gasteiger charge is 2.39. The highest BCUT2D eigenvalue weighted by atomic mass is 28.3. The van der Waals surface area contributed by atoms with Crippen molar-refractivity contribution in [1.29, 1.82) is 0 Å². The third kappa shape index (κ3) is 6.34. The molecule has 0 atom stereocenters. The van der Waals surface area contributed by atoms with E-state index >= 15 is 0 Å². The van der Waals surface area contributed by atoms with Crippen LogP contribution in [-0.2, 0) is 0 Å². The van der Waals surface area contributed by atoms with Gasteiger partial charge < -0.3 is 19.4 Å². The molecule has 0 radical (unpaired) electrons. The number of hydrogen-bond acceptors (Lipinski definition) is 6. The average Bonchev–Trinajstić information content (AvgIpc) is 3.32. The summed E-state index contributed by atoms with van der Waals surface area (Å²) < 4.78 is 6.54. The van der Waals surface area contributed by atoms with Gasteiger partial charge in [0.1, 0.15) is 8.07 Å². The van der Waals surface area contributed by atoms with Crippen LogP contribution in [0.4, 0.5) is 51.2 Å². The summed E-state index contributed by atoms with van der Waals surface area (Å²) in [7, 11) is -2.04. The number of nitrogens with zero attached hydrogens (tertiary/aromatic N) is 5. The minimum atomic E-state index is -2.04. The van der Waals surface area contributed by atoms with Gasteiger partial charge in [-0.1, -0.05) is 98.0 Å². The first kappa shape index (κ1) is 36.3. The lowest BCUT2D eigenvalue weighted by Gasteiger charge is -2.42. The molecule has 7 aromatic carbocycles. The van der Waals surface area contributed by atoms with E-state index in [1.807, 2.05) is 49.1 Å². The number of ether oxygens (including phenoxy) is 1. The zero-order valence-electron chi connectivity index (χ0n) is 33.9. The van der Waals surface area contributed by atoms with Gasteiger partial charge in [0.25, 0.3) is 0 Å². The standard InChI is InChI=1S/C54H41N5OSi/c1-61(2)53-17-9-5-13-49(53)59(50-14-6-10-18-54(50)61)46-36-44(35-45(37-46)58-47-11-3-7-15-51(47)60-52-16-8-4-12-48(52)58)57(42-23-19-38(20-24-42)40-27-31-55-32-28-40)43-25-21-39(22-26-43)41-29-33-56-34-30-41/h3-37H,1-2H3. The van der Waals surface area contributed by atoms with Crippen LogP contribution in [0.15, 0.2) is 213 Å². The van der Waals surface area contributed by atoms with E-state index in [1.54, 1.807) is 0 Å². The molecule has 11 rings (SSSR count). The maximum Gasteiger partial charge on any atom is 0.151 e. The third-order valence-electron chi connectivity index (χ3n) is 12.0. The second kappa shape index (κ2) is 14.8. The van der Waals surface area contributed by atoms with Crippen LogP contribution in [0.5, 0.6) is 11.5 Å². The van der Waals surface area contributed by atoms with Gasteiger partial charge in [0.2, 0.25) is 0 Å². The summed E-state index contributed by atoms with van der Waals surface area (Å²) in [6.45, 7) is 4.94. The summed E-state index contributed by atoms with van der Waals surface area (Å²) in [6, 6.07) is 67.5. The SMILES string of the molecule is C[Si]1(C)c2ccccc2N(c2cc(N(c3ccc(-c4ccncc4)cc3)c3ccc(-c4ccncc4)cc3)cc(N3c4ccccc4Oc4ccccc43)c2)c2ccccc21. The molecule has 0 amide bonds. The van der Waals surface area contributed by atoms with Crippen molar-refractivity contribution in [2.24, 2.45) is 0 Å². The topological polar surface area (TPSA) is 44.7 Å². The number of pyridine rings is 2. The molecule has 6 nitrogen and oxygen atoms in total.